The molecule has 3 aliphatic carbocycles. The number of fused-ring (bicyclic) bond motifs is 2. The van der Waals surface area contributed by atoms with E-state index in [4.69, 9.17) is 9.84 Å². The molecule has 1 saturated heterocycles. The Hall–Kier alpha value is -1.71. The molecule has 0 aromatic heterocycles. The van der Waals surface area contributed by atoms with Crippen molar-refractivity contribution in [1.82, 2.24) is 4.90 Å². The molecule has 3 atom stereocenters. The number of ether oxygens (including phenoxy) is 1. The van der Waals surface area contributed by atoms with Gasteiger partial charge in [0, 0.05) is 37.9 Å². The van der Waals surface area contributed by atoms with Crippen molar-refractivity contribution in [3.05, 3.63) is 0 Å². The topological polar surface area (TPSA) is 153 Å². The van der Waals surface area contributed by atoms with Crippen molar-refractivity contribution < 1.29 is 39.5 Å². The highest BCUT2D eigenvalue weighted by Crippen LogP contribution is 2.61. The molecule has 1 N–H and O–H groups in total. The van der Waals surface area contributed by atoms with Crippen LogP contribution in [0.2, 0.25) is 0 Å². The van der Waals surface area contributed by atoms with Gasteiger partial charge in [0.15, 0.2) is 0 Å². The first-order valence-corrected chi connectivity index (χ1v) is 11.6. The first kappa shape index (κ1) is 26.5. The highest BCUT2D eigenvalue weighted by molar-refractivity contribution is 5.86. The third-order valence-corrected chi connectivity index (χ3v) is 7.64. The smallest absolute Gasteiger partial charge is 0.114 e. The van der Waals surface area contributed by atoms with E-state index in [0.29, 0.717) is 5.41 Å². The standard InChI is InChI=1S/C17H31NO.C6H8O7/c1-17(2)15-6-5-14(16(17)13-15)7-11-19-12-10-18-8-3-4-9-18;7-3(8)1-6(13,5(11)12)2-4(9)10/h14-16H,3-13H2,1-2H3;13H,1-2H2,(H,7,8)(H,9,10)(H,11,12)/p-3. The van der Waals surface area contributed by atoms with Gasteiger partial charge in [0.2, 0.25) is 0 Å². The van der Waals surface area contributed by atoms with Crippen LogP contribution in [-0.2, 0) is 19.1 Å². The number of carbonyl (C=O) groups excluding carboxylic acids is 3. The Labute approximate surface area is 189 Å². The lowest BCUT2D eigenvalue weighted by Gasteiger charge is -2.60. The quantitative estimate of drug-likeness (QED) is 0.360. The Morgan fingerprint density at radius 3 is 2.09 bits per heavy atom. The summed E-state index contributed by atoms with van der Waals surface area (Å²) in [4.78, 5) is 32.5. The molecule has 0 aromatic rings. The summed E-state index contributed by atoms with van der Waals surface area (Å²) in [6, 6.07) is 0. The van der Waals surface area contributed by atoms with Gasteiger partial charge in [0.1, 0.15) is 5.60 Å². The van der Waals surface area contributed by atoms with E-state index in [1.807, 2.05) is 0 Å². The van der Waals surface area contributed by atoms with Gasteiger partial charge in [-0.3, -0.25) is 0 Å². The van der Waals surface area contributed by atoms with Crippen LogP contribution >= 0.6 is 0 Å². The monoisotopic (exact) mass is 454 g/mol. The fourth-order valence-corrected chi connectivity index (χ4v) is 5.53. The predicted molar refractivity (Wildman–Crippen MR) is 108 cm³/mol. The second kappa shape index (κ2) is 11.4. The summed E-state index contributed by atoms with van der Waals surface area (Å²) < 4.78 is 5.89. The van der Waals surface area contributed by atoms with Crippen LogP contribution in [0.15, 0.2) is 0 Å². The molecule has 4 fully saturated rings. The number of rotatable bonds is 11. The fraction of sp³-hybridized carbons (Fsp3) is 0.870. The maximum Gasteiger partial charge on any atom is 0.114 e. The van der Waals surface area contributed by atoms with Crippen LogP contribution in [0.3, 0.4) is 0 Å². The van der Waals surface area contributed by atoms with Gasteiger partial charge in [0.25, 0.3) is 0 Å². The zero-order chi connectivity index (χ0) is 23.9. The fourth-order valence-electron chi connectivity index (χ4n) is 5.53. The van der Waals surface area contributed by atoms with Crippen molar-refractivity contribution in [3.8, 4) is 0 Å². The number of likely N-dealkylation sites (tertiary alicyclic amines) is 1. The number of hydrogen-bond acceptors (Lipinski definition) is 9. The van der Waals surface area contributed by atoms with E-state index in [2.05, 4.69) is 18.7 Å². The summed E-state index contributed by atoms with van der Waals surface area (Å²) in [5.41, 5.74) is -2.34. The van der Waals surface area contributed by atoms with E-state index in [1.54, 1.807) is 0 Å². The van der Waals surface area contributed by atoms with E-state index < -0.39 is 36.4 Å². The Morgan fingerprint density at radius 1 is 1.03 bits per heavy atom. The molecular formula is C23H36NO8-3. The average molecular weight is 455 g/mol. The summed E-state index contributed by atoms with van der Waals surface area (Å²) in [5.74, 6) is -3.01. The second-order valence-corrected chi connectivity index (χ2v) is 10.1. The molecule has 1 heterocycles. The van der Waals surface area contributed by atoms with E-state index in [9.17, 15) is 29.7 Å². The van der Waals surface area contributed by atoms with Crippen LogP contribution in [-0.4, -0.2) is 66.4 Å². The van der Waals surface area contributed by atoms with Crippen LogP contribution in [0, 0.1) is 23.2 Å². The van der Waals surface area contributed by atoms with Gasteiger partial charge >= 0.3 is 0 Å². The van der Waals surface area contributed by atoms with Crippen molar-refractivity contribution in [2.75, 3.05) is 32.8 Å². The second-order valence-electron chi connectivity index (χ2n) is 10.1. The van der Waals surface area contributed by atoms with Crippen LogP contribution in [0.5, 0.6) is 0 Å². The van der Waals surface area contributed by atoms with Gasteiger partial charge in [-0.2, -0.15) is 0 Å². The maximum atomic E-state index is 10.1. The van der Waals surface area contributed by atoms with Crippen LogP contribution < -0.4 is 15.3 Å². The summed E-state index contributed by atoms with van der Waals surface area (Å²) in [6.07, 6.45) is 5.81. The number of carboxylic acid groups (broad SMARTS) is 3. The molecule has 3 saturated carbocycles. The molecule has 4 aliphatic rings. The number of aliphatic carboxylic acids is 3. The SMILES string of the molecule is CC1(C)C2CCC(CCOCCN3CCCC3)C1C2.O=C([O-])CC(O)(CC(=O)[O-])C(=O)[O-]. The van der Waals surface area contributed by atoms with E-state index >= 15 is 0 Å². The molecule has 3 unspecified atom stereocenters. The Bertz CT molecular complexity index is 640. The first-order chi connectivity index (χ1) is 15.0. The number of carbonyl (C=O) groups is 3. The molecule has 0 amide bonds. The highest BCUT2D eigenvalue weighted by atomic mass is 16.5. The van der Waals surface area contributed by atoms with Gasteiger partial charge in [-0.15, -0.1) is 0 Å². The number of aliphatic hydroxyl groups is 1. The lowest BCUT2D eigenvalue weighted by atomic mass is 9.45. The van der Waals surface area contributed by atoms with Gasteiger partial charge in [0.05, 0.1) is 12.6 Å². The van der Waals surface area contributed by atoms with Crippen molar-refractivity contribution in [2.45, 2.75) is 70.8 Å². The highest BCUT2D eigenvalue weighted by Gasteiger charge is 2.53. The molecule has 1 aliphatic heterocycles. The van der Waals surface area contributed by atoms with Gasteiger partial charge < -0.3 is 44.4 Å². The third kappa shape index (κ3) is 7.15. The van der Waals surface area contributed by atoms with Gasteiger partial charge in [-0.1, -0.05) is 13.8 Å². The number of carboxylic acids is 3. The summed E-state index contributed by atoms with van der Waals surface area (Å²) >= 11 is 0. The molecule has 4 rings (SSSR count). The van der Waals surface area contributed by atoms with Gasteiger partial charge in [-0.05, 0) is 74.8 Å². The largest absolute Gasteiger partial charge is 0.550 e. The van der Waals surface area contributed by atoms with Crippen LogP contribution in [0.4, 0.5) is 0 Å². The molecule has 0 aromatic carbocycles. The third-order valence-electron chi connectivity index (χ3n) is 7.64. The predicted octanol–water partition coefficient (Wildman–Crippen LogP) is -1.69. The number of hydrogen-bond donors (Lipinski definition) is 1. The first-order valence-electron chi connectivity index (χ1n) is 11.6. The van der Waals surface area contributed by atoms with E-state index in [-0.39, 0.29) is 0 Å². The van der Waals surface area contributed by atoms with E-state index in [0.717, 1.165) is 37.5 Å². The van der Waals surface area contributed by atoms with Crippen molar-refractivity contribution in [2.24, 2.45) is 23.2 Å². The molecule has 184 valence electrons. The molecule has 0 spiro atoms. The minimum Gasteiger partial charge on any atom is -0.550 e. The summed E-state index contributed by atoms with van der Waals surface area (Å²) in [5, 5.41) is 38.9. The molecule has 32 heavy (non-hydrogen) atoms. The van der Waals surface area contributed by atoms with Crippen molar-refractivity contribution >= 4 is 17.9 Å². The molecule has 9 nitrogen and oxygen atoms in total. The Morgan fingerprint density at radius 2 is 1.62 bits per heavy atom. The Balaban J connectivity index is 0.000000247. The van der Waals surface area contributed by atoms with Crippen molar-refractivity contribution in [1.29, 1.82) is 0 Å². The summed E-state index contributed by atoms with van der Waals surface area (Å²) in [7, 11) is 0. The van der Waals surface area contributed by atoms with Gasteiger partial charge in [-0.25, -0.2) is 0 Å². The number of nitrogens with zero attached hydrogens (tertiary/aromatic N) is 1. The average Bonchev–Trinajstić information content (AvgIpc) is 3.20. The van der Waals surface area contributed by atoms with Crippen LogP contribution in [0.25, 0.3) is 0 Å². The minimum atomic E-state index is -2.97. The van der Waals surface area contributed by atoms with Crippen LogP contribution in [0.1, 0.15) is 65.2 Å². The summed E-state index contributed by atoms with van der Waals surface area (Å²) in [6.45, 7) is 10.7. The lowest BCUT2D eigenvalue weighted by Crippen LogP contribution is -2.54. The van der Waals surface area contributed by atoms with Crippen molar-refractivity contribution in [3.63, 3.8) is 0 Å². The minimum absolute atomic E-state index is 0.637. The Kier molecular flexibility index (Phi) is 9.48. The lowest BCUT2D eigenvalue weighted by molar-refractivity contribution is -0.339. The molecule has 9 heteroatoms. The maximum absolute atomic E-state index is 10.1. The molecule has 0 radical (unpaired) electrons. The zero-order valence-electron chi connectivity index (χ0n) is 19.2. The molecular weight excluding hydrogens is 418 g/mol. The zero-order valence-corrected chi connectivity index (χ0v) is 19.2. The van der Waals surface area contributed by atoms with E-state index in [1.165, 1.54) is 51.6 Å². The normalized spacial score (nSPS) is 26.5. The molecule has 2 bridgehead atoms.